The lowest BCUT2D eigenvalue weighted by atomic mass is 10.1. The average Bonchev–Trinajstić information content (AvgIpc) is 3.27. The Morgan fingerprint density at radius 2 is 1.74 bits per heavy atom. The van der Waals surface area contributed by atoms with Gasteiger partial charge >= 0.3 is 0 Å². The number of anilines is 1. The molecule has 0 fully saturated rings. The summed E-state index contributed by atoms with van der Waals surface area (Å²) in [4.78, 5) is 20.0. The van der Waals surface area contributed by atoms with E-state index in [0.29, 0.717) is 17.4 Å². The average molecular weight is 509 g/mol. The van der Waals surface area contributed by atoms with Crippen molar-refractivity contribution in [3.8, 4) is 5.75 Å². The molecular weight excluding hydrogens is 480 g/mol. The van der Waals surface area contributed by atoms with Crippen LogP contribution in [0.3, 0.4) is 0 Å². The van der Waals surface area contributed by atoms with Gasteiger partial charge in [-0.15, -0.1) is 0 Å². The molecular formula is C27H28N2O4S2. The predicted molar refractivity (Wildman–Crippen MR) is 141 cm³/mol. The summed E-state index contributed by atoms with van der Waals surface area (Å²) in [6.07, 6.45) is 0.331. The van der Waals surface area contributed by atoms with Crippen LogP contribution in [0.25, 0.3) is 10.2 Å². The van der Waals surface area contributed by atoms with Crippen LogP contribution in [0, 0.1) is 13.8 Å². The summed E-state index contributed by atoms with van der Waals surface area (Å²) in [7, 11) is -1.97. The highest BCUT2D eigenvalue weighted by atomic mass is 32.2. The molecule has 0 bridgehead atoms. The second-order valence-corrected chi connectivity index (χ2v) is 11.6. The minimum atomic E-state index is -3.50. The van der Waals surface area contributed by atoms with Gasteiger partial charge in [0.2, 0.25) is 5.91 Å². The third kappa shape index (κ3) is 5.89. The number of nitrogens with zero attached hydrogens (tertiary/aromatic N) is 2. The summed E-state index contributed by atoms with van der Waals surface area (Å²) < 4.78 is 31.7. The molecule has 1 amide bonds. The molecule has 0 aliphatic heterocycles. The fourth-order valence-electron chi connectivity index (χ4n) is 3.96. The van der Waals surface area contributed by atoms with E-state index >= 15 is 0 Å². The molecule has 0 saturated heterocycles. The van der Waals surface area contributed by atoms with Crippen molar-refractivity contribution in [1.29, 1.82) is 0 Å². The topological polar surface area (TPSA) is 76.6 Å². The molecule has 0 N–H and O–H groups in total. The van der Waals surface area contributed by atoms with Crippen molar-refractivity contribution in [2.45, 2.75) is 38.1 Å². The molecule has 182 valence electrons. The van der Waals surface area contributed by atoms with Gasteiger partial charge in [0.15, 0.2) is 15.0 Å². The van der Waals surface area contributed by atoms with Gasteiger partial charge in [0.05, 0.1) is 34.5 Å². The molecule has 3 aromatic carbocycles. The molecule has 0 atom stereocenters. The number of methoxy groups -OCH3 is 1. The lowest BCUT2D eigenvalue weighted by Crippen LogP contribution is -2.30. The Morgan fingerprint density at radius 1 is 1.03 bits per heavy atom. The summed E-state index contributed by atoms with van der Waals surface area (Å²) >= 11 is 1.49. The Hall–Kier alpha value is -3.23. The molecule has 0 saturated carbocycles. The minimum absolute atomic E-state index is 0.107. The Morgan fingerprint density at radius 3 is 2.43 bits per heavy atom. The number of ether oxygens (including phenoxy) is 1. The molecule has 0 spiro atoms. The molecule has 0 aliphatic carbocycles. The van der Waals surface area contributed by atoms with Crippen molar-refractivity contribution in [3.63, 3.8) is 0 Å². The standard InChI is InChI=1S/C27H28N2O4S2/c1-19-16-20(2)26-24(17-19)28-27(34-26)29(18-21-8-5-4-6-9-21)25(30)10-7-15-35(31,32)23-13-11-22(33-3)12-14-23/h4-6,8-9,11-14,16-17H,7,10,15,18H2,1-3H3. The number of aryl methyl sites for hydroxylation is 2. The zero-order valence-corrected chi connectivity index (χ0v) is 21.7. The Kier molecular flexibility index (Phi) is 7.52. The number of fused-ring (bicyclic) bond motifs is 1. The van der Waals surface area contributed by atoms with E-state index in [1.54, 1.807) is 17.0 Å². The maximum atomic E-state index is 13.4. The first-order chi connectivity index (χ1) is 16.8. The number of thiazole rings is 1. The largest absolute Gasteiger partial charge is 0.497 e. The van der Waals surface area contributed by atoms with Crippen LogP contribution in [0.1, 0.15) is 29.5 Å². The van der Waals surface area contributed by atoms with Crippen molar-refractivity contribution in [2.24, 2.45) is 0 Å². The number of rotatable bonds is 9. The summed E-state index contributed by atoms with van der Waals surface area (Å²) in [6.45, 7) is 4.45. The number of hydrogen-bond donors (Lipinski definition) is 0. The molecule has 6 nitrogen and oxygen atoms in total. The number of benzene rings is 3. The zero-order chi connectivity index (χ0) is 25.0. The van der Waals surface area contributed by atoms with E-state index in [0.717, 1.165) is 26.9 Å². The van der Waals surface area contributed by atoms with Gasteiger partial charge in [-0.3, -0.25) is 9.69 Å². The van der Waals surface area contributed by atoms with E-state index in [4.69, 9.17) is 9.72 Å². The lowest BCUT2D eigenvalue weighted by molar-refractivity contribution is -0.118. The van der Waals surface area contributed by atoms with Gasteiger partial charge in [-0.1, -0.05) is 47.7 Å². The second kappa shape index (κ2) is 10.6. The Labute approximate surface area is 210 Å². The molecule has 4 rings (SSSR count). The van der Waals surface area contributed by atoms with Gasteiger partial charge in [0.25, 0.3) is 0 Å². The number of aromatic nitrogens is 1. The monoisotopic (exact) mass is 508 g/mol. The first-order valence-corrected chi connectivity index (χ1v) is 13.8. The summed E-state index contributed by atoms with van der Waals surface area (Å²) in [6, 6.07) is 20.2. The van der Waals surface area contributed by atoms with E-state index < -0.39 is 9.84 Å². The first kappa shape index (κ1) is 24.9. The van der Waals surface area contributed by atoms with E-state index in [-0.39, 0.29) is 29.4 Å². The molecule has 0 radical (unpaired) electrons. The van der Waals surface area contributed by atoms with Gasteiger partial charge in [-0.25, -0.2) is 13.4 Å². The van der Waals surface area contributed by atoms with Gasteiger partial charge in [0.1, 0.15) is 5.75 Å². The molecule has 1 heterocycles. The third-order valence-corrected chi connectivity index (χ3v) is 8.79. The van der Waals surface area contributed by atoms with Crippen molar-refractivity contribution < 1.29 is 17.9 Å². The van der Waals surface area contributed by atoms with Crippen LogP contribution in [0.5, 0.6) is 5.75 Å². The van der Waals surface area contributed by atoms with Gasteiger partial charge in [-0.2, -0.15) is 0 Å². The van der Waals surface area contributed by atoms with E-state index in [9.17, 15) is 13.2 Å². The Balaban J connectivity index is 1.53. The number of carbonyl (C=O) groups excluding carboxylic acids is 1. The Bertz CT molecular complexity index is 1430. The fraction of sp³-hybridized carbons (Fsp3) is 0.259. The maximum absolute atomic E-state index is 13.4. The highest BCUT2D eigenvalue weighted by Gasteiger charge is 2.22. The van der Waals surface area contributed by atoms with Crippen molar-refractivity contribution in [2.75, 3.05) is 17.8 Å². The molecule has 4 aromatic rings. The summed E-state index contributed by atoms with van der Waals surface area (Å²) in [5, 5.41) is 0.626. The quantitative estimate of drug-likeness (QED) is 0.289. The fourth-order valence-corrected chi connectivity index (χ4v) is 6.30. The number of carbonyl (C=O) groups is 1. The lowest BCUT2D eigenvalue weighted by Gasteiger charge is -2.20. The normalized spacial score (nSPS) is 11.5. The van der Waals surface area contributed by atoms with Crippen LogP contribution < -0.4 is 9.64 Å². The predicted octanol–water partition coefficient (Wildman–Crippen LogP) is 5.71. The van der Waals surface area contributed by atoms with E-state index in [2.05, 4.69) is 6.07 Å². The van der Waals surface area contributed by atoms with Crippen LogP contribution in [0.2, 0.25) is 0 Å². The number of hydrogen-bond acceptors (Lipinski definition) is 6. The molecule has 0 aliphatic rings. The zero-order valence-electron chi connectivity index (χ0n) is 20.0. The highest BCUT2D eigenvalue weighted by molar-refractivity contribution is 7.91. The van der Waals surface area contributed by atoms with Crippen LogP contribution >= 0.6 is 11.3 Å². The maximum Gasteiger partial charge on any atom is 0.229 e. The molecule has 0 unspecified atom stereocenters. The van der Waals surface area contributed by atoms with Crippen molar-refractivity contribution >= 4 is 42.4 Å². The summed E-state index contributed by atoms with van der Waals surface area (Å²) in [5.74, 6) is 0.340. The number of sulfone groups is 1. The second-order valence-electron chi connectivity index (χ2n) is 8.49. The summed E-state index contributed by atoms with van der Waals surface area (Å²) in [5.41, 5.74) is 4.10. The van der Waals surface area contributed by atoms with Crippen molar-refractivity contribution in [1.82, 2.24) is 4.98 Å². The van der Waals surface area contributed by atoms with Crippen LogP contribution in [-0.2, 0) is 21.2 Å². The van der Waals surface area contributed by atoms with Gasteiger partial charge in [-0.05, 0) is 67.3 Å². The van der Waals surface area contributed by atoms with Crippen molar-refractivity contribution in [3.05, 3.63) is 83.4 Å². The van der Waals surface area contributed by atoms with Gasteiger partial charge < -0.3 is 4.74 Å². The van der Waals surface area contributed by atoms with Gasteiger partial charge in [0, 0.05) is 6.42 Å². The molecule has 8 heteroatoms. The van der Waals surface area contributed by atoms with Crippen LogP contribution in [0.4, 0.5) is 5.13 Å². The molecule has 1 aromatic heterocycles. The smallest absolute Gasteiger partial charge is 0.229 e. The SMILES string of the molecule is COc1ccc(S(=O)(=O)CCCC(=O)N(Cc2ccccc2)c2nc3cc(C)cc(C)c3s2)cc1. The highest BCUT2D eigenvalue weighted by Crippen LogP contribution is 2.33. The molecule has 35 heavy (non-hydrogen) atoms. The first-order valence-electron chi connectivity index (χ1n) is 11.4. The van der Waals surface area contributed by atoms with Crippen LogP contribution in [0.15, 0.2) is 71.6 Å². The van der Waals surface area contributed by atoms with E-state index in [1.807, 2.05) is 50.2 Å². The van der Waals surface area contributed by atoms with Crippen LogP contribution in [-0.4, -0.2) is 32.2 Å². The third-order valence-electron chi connectivity index (χ3n) is 5.75. The number of amides is 1. The minimum Gasteiger partial charge on any atom is -0.497 e. The van der Waals surface area contributed by atoms with E-state index in [1.165, 1.54) is 30.6 Å².